The maximum absolute atomic E-state index is 12.3. The average Bonchev–Trinajstić information content (AvgIpc) is 2.72. The van der Waals surface area contributed by atoms with Crippen LogP contribution in [0.3, 0.4) is 0 Å². The lowest BCUT2D eigenvalue weighted by molar-refractivity contribution is -0.146. The Morgan fingerprint density at radius 1 is 0.933 bits per heavy atom. The lowest BCUT2D eigenvalue weighted by atomic mass is 10.1. The molecule has 0 aromatic heterocycles. The highest BCUT2D eigenvalue weighted by atomic mass is 32.2. The van der Waals surface area contributed by atoms with E-state index >= 15 is 0 Å². The smallest absolute Gasteiger partial charge is 0.321 e. The third kappa shape index (κ3) is 6.19. The Hall–Kier alpha value is -3.11. The van der Waals surface area contributed by atoms with Gasteiger partial charge in [-0.1, -0.05) is 6.07 Å². The minimum Gasteiger partial charge on any atom is -0.493 e. The van der Waals surface area contributed by atoms with Gasteiger partial charge < -0.3 is 19.5 Å². The highest BCUT2D eigenvalue weighted by molar-refractivity contribution is 7.89. The molecule has 9 nitrogen and oxygen atoms in total. The third-order valence-corrected chi connectivity index (χ3v) is 5.63. The number of benzene rings is 2. The Morgan fingerprint density at radius 2 is 1.63 bits per heavy atom. The lowest BCUT2D eigenvalue weighted by Crippen LogP contribution is -2.32. The van der Waals surface area contributed by atoms with E-state index in [1.807, 2.05) is 6.92 Å². The standard InChI is InChI=1S/C20H24N2O7S/c1-13-5-7-16(9-14(13)2)30(25,26)21-11-20(24)29-12-19(23)22-15-6-8-17(27-3)18(10-15)28-4/h5-10,21H,11-12H2,1-4H3,(H,22,23). The van der Waals surface area contributed by atoms with E-state index < -0.39 is 35.1 Å². The van der Waals surface area contributed by atoms with E-state index in [9.17, 15) is 18.0 Å². The monoisotopic (exact) mass is 436 g/mol. The SMILES string of the molecule is COc1ccc(NC(=O)COC(=O)CNS(=O)(=O)c2ccc(C)c(C)c2)cc1OC. The van der Waals surface area contributed by atoms with Crippen molar-refractivity contribution in [1.82, 2.24) is 4.72 Å². The van der Waals surface area contributed by atoms with Crippen molar-refractivity contribution in [1.29, 1.82) is 0 Å². The summed E-state index contributed by atoms with van der Waals surface area (Å²) in [5.41, 5.74) is 2.19. The quantitative estimate of drug-likeness (QED) is 0.575. The molecule has 2 N–H and O–H groups in total. The van der Waals surface area contributed by atoms with Crippen LogP contribution in [0.5, 0.6) is 11.5 Å². The summed E-state index contributed by atoms with van der Waals surface area (Å²) in [6.07, 6.45) is 0. The van der Waals surface area contributed by atoms with Crippen molar-refractivity contribution in [3.63, 3.8) is 0 Å². The first-order valence-electron chi connectivity index (χ1n) is 8.90. The summed E-state index contributed by atoms with van der Waals surface area (Å²) < 4.78 is 41.8. The summed E-state index contributed by atoms with van der Waals surface area (Å²) in [7, 11) is -0.921. The Morgan fingerprint density at radius 3 is 2.27 bits per heavy atom. The molecule has 10 heteroatoms. The van der Waals surface area contributed by atoms with Crippen molar-refractivity contribution in [2.45, 2.75) is 18.7 Å². The van der Waals surface area contributed by atoms with Crippen LogP contribution in [0, 0.1) is 13.8 Å². The molecule has 1 amide bonds. The number of hydrogen-bond donors (Lipinski definition) is 2. The number of sulfonamides is 1. The molecule has 0 aliphatic heterocycles. The molecular formula is C20H24N2O7S. The summed E-state index contributed by atoms with van der Waals surface area (Å²) in [6, 6.07) is 9.41. The Kier molecular flexibility index (Phi) is 7.79. The largest absolute Gasteiger partial charge is 0.493 e. The van der Waals surface area contributed by atoms with Crippen LogP contribution in [-0.2, 0) is 24.3 Å². The number of anilines is 1. The first-order valence-corrected chi connectivity index (χ1v) is 10.4. The van der Waals surface area contributed by atoms with E-state index in [-0.39, 0.29) is 4.90 Å². The van der Waals surface area contributed by atoms with E-state index in [0.29, 0.717) is 17.2 Å². The molecule has 2 aromatic carbocycles. The first kappa shape index (κ1) is 23.2. The highest BCUT2D eigenvalue weighted by Gasteiger charge is 2.17. The van der Waals surface area contributed by atoms with Crippen LogP contribution in [0.4, 0.5) is 5.69 Å². The number of rotatable bonds is 9. The van der Waals surface area contributed by atoms with Crippen molar-refractivity contribution in [3.8, 4) is 11.5 Å². The molecule has 0 radical (unpaired) electrons. The molecule has 0 aliphatic carbocycles. The number of nitrogens with one attached hydrogen (secondary N) is 2. The van der Waals surface area contributed by atoms with Crippen LogP contribution in [0.25, 0.3) is 0 Å². The fourth-order valence-electron chi connectivity index (χ4n) is 2.43. The van der Waals surface area contributed by atoms with Gasteiger partial charge in [0, 0.05) is 11.8 Å². The molecule has 0 fully saturated rings. The van der Waals surface area contributed by atoms with Crippen LogP contribution in [0.1, 0.15) is 11.1 Å². The van der Waals surface area contributed by atoms with Crippen LogP contribution < -0.4 is 19.5 Å². The van der Waals surface area contributed by atoms with E-state index in [2.05, 4.69) is 10.0 Å². The van der Waals surface area contributed by atoms with Gasteiger partial charge in [0.25, 0.3) is 5.91 Å². The molecule has 0 atom stereocenters. The van der Waals surface area contributed by atoms with Crippen LogP contribution in [0.15, 0.2) is 41.3 Å². The average molecular weight is 436 g/mol. The minimum atomic E-state index is -3.87. The molecule has 0 unspecified atom stereocenters. The second-order valence-electron chi connectivity index (χ2n) is 6.35. The maximum atomic E-state index is 12.3. The number of ether oxygens (including phenoxy) is 3. The zero-order chi connectivity index (χ0) is 22.3. The first-order chi connectivity index (χ1) is 14.2. The molecule has 2 aromatic rings. The van der Waals surface area contributed by atoms with Gasteiger partial charge in [-0.15, -0.1) is 0 Å². The molecule has 2 rings (SSSR count). The minimum absolute atomic E-state index is 0.0459. The van der Waals surface area contributed by atoms with Crippen molar-refractivity contribution in [2.75, 3.05) is 32.7 Å². The summed E-state index contributed by atoms with van der Waals surface area (Å²) in [5.74, 6) is -0.552. The molecule has 162 valence electrons. The number of hydrogen-bond acceptors (Lipinski definition) is 7. The van der Waals surface area contributed by atoms with Crippen molar-refractivity contribution in [3.05, 3.63) is 47.5 Å². The molecular weight excluding hydrogens is 412 g/mol. The predicted molar refractivity (Wildman–Crippen MR) is 110 cm³/mol. The van der Waals surface area contributed by atoms with Crippen molar-refractivity contribution >= 4 is 27.6 Å². The molecule has 0 spiro atoms. The summed E-state index contributed by atoms with van der Waals surface area (Å²) in [6.45, 7) is 2.49. The Balaban J connectivity index is 1.85. The topological polar surface area (TPSA) is 120 Å². The number of esters is 1. The molecule has 0 aliphatic rings. The van der Waals surface area contributed by atoms with Crippen LogP contribution in [0.2, 0.25) is 0 Å². The second-order valence-corrected chi connectivity index (χ2v) is 8.12. The predicted octanol–water partition coefficient (Wildman–Crippen LogP) is 1.78. The molecule has 0 saturated heterocycles. The van der Waals surface area contributed by atoms with Gasteiger partial charge in [-0.25, -0.2) is 8.42 Å². The maximum Gasteiger partial charge on any atom is 0.321 e. The highest BCUT2D eigenvalue weighted by Crippen LogP contribution is 2.29. The van der Waals surface area contributed by atoms with Crippen LogP contribution >= 0.6 is 0 Å². The van der Waals surface area contributed by atoms with Gasteiger partial charge in [-0.05, 0) is 49.2 Å². The number of aryl methyl sites for hydroxylation is 2. The fraction of sp³-hybridized carbons (Fsp3) is 0.300. The van der Waals surface area contributed by atoms with Crippen molar-refractivity contribution < 1.29 is 32.2 Å². The van der Waals surface area contributed by atoms with Gasteiger partial charge in [0.15, 0.2) is 18.1 Å². The summed E-state index contributed by atoms with van der Waals surface area (Å²) >= 11 is 0. The molecule has 30 heavy (non-hydrogen) atoms. The van der Waals surface area contributed by atoms with Gasteiger partial charge in [0.05, 0.1) is 19.1 Å². The molecule has 0 bridgehead atoms. The Bertz CT molecular complexity index is 1040. The molecule has 0 heterocycles. The zero-order valence-electron chi connectivity index (χ0n) is 17.1. The fourth-order valence-corrected chi connectivity index (χ4v) is 3.48. The van der Waals surface area contributed by atoms with Gasteiger partial charge in [-0.2, -0.15) is 4.72 Å². The second kappa shape index (κ2) is 10.1. The van der Waals surface area contributed by atoms with Gasteiger partial charge in [0.2, 0.25) is 10.0 Å². The van der Waals surface area contributed by atoms with Gasteiger partial charge >= 0.3 is 5.97 Å². The van der Waals surface area contributed by atoms with E-state index in [1.54, 1.807) is 31.2 Å². The lowest BCUT2D eigenvalue weighted by Gasteiger charge is -2.11. The van der Waals surface area contributed by atoms with Gasteiger partial charge in [-0.3, -0.25) is 9.59 Å². The van der Waals surface area contributed by atoms with Crippen molar-refractivity contribution in [2.24, 2.45) is 0 Å². The number of methoxy groups -OCH3 is 2. The Labute approximate surface area is 175 Å². The zero-order valence-corrected chi connectivity index (χ0v) is 18.0. The van der Waals surface area contributed by atoms with E-state index in [1.165, 1.54) is 26.4 Å². The number of carbonyl (C=O) groups excluding carboxylic acids is 2. The number of carbonyl (C=O) groups is 2. The van der Waals surface area contributed by atoms with E-state index in [4.69, 9.17) is 14.2 Å². The van der Waals surface area contributed by atoms with Crippen LogP contribution in [-0.4, -0.2) is 47.7 Å². The van der Waals surface area contributed by atoms with E-state index in [0.717, 1.165) is 11.1 Å². The molecule has 0 saturated carbocycles. The third-order valence-electron chi connectivity index (χ3n) is 4.23. The number of amides is 1. The summed E-state index contributed by atoms with van der Waals surface area (Å²) in [5, 5.41) is 2.54. The normalized spacial score (nSPS) is 10.9. The van der Waals surface area contributed by atoms with Gasteiger partial charge in [0.1, 0.15) is 6.54 Å². The summed E-state index contributed by atoms with van der Waals surface area (Å²) in [4.78, 5) is 23.8.